The fourth-order valence-electron chi connectivity index (χ4n) is 2.27. The molecule has 2 aromatic carbocycles. The van der Waals surface area contributed by atoms with E-state index in [-0.39, 0.29) is 18.6 Å². The Labute approximate surface area is 125 Å². The lowest BCUT2D eigenvalue weighted by atomic mass is 10.1. The Morgan fingerprint density at radius 1 is 1.19 bits per heavy atom. The normalized spacial score (nSPS) is 12.3. The summed E-state index contributed by atoms with van der Waals surface area (Å²) in [6.45, 7) is 2.80. The van der Waals surface area contributed by atoms with Gasteiger partial charge in [-0.15, -0.1) is 0 Å². The molecule has 112 valence electrons. The van der Waals surface area contributed by atoms with Crippen LogP contribution in [0.3, 0.4) is 0 Å². The van der Waals surface area contributed by atoms with Gasteiger partial charge in [-0.1, -0.05) is 37.3 Å². The minimum Gasteiger partial charge on any atom is -0.396 e. The molecule has 4 heteroatoms. The first-order chi connectivity index (χ1) is 10.2. The van der Waals surface area contributed by atoms with Gasteiger partial charge < -0.3 is 15.7 Å². The summed E-state index contributed by atoms with van der Waals surface area (Å²) in [6.07, 6.45) is 1.37. The van der Waals surface area contributed by atoms with Crippen molar-refractivity contribution in [1.29, 1.82) is 0 Å². The molecule has 0 aliphatic heterocycles. The summed E-state index contributed by atoms with van der Waals surface area (Å²) < 4.78 is 0. The zero-order valence-electron chi connectivity index (χ0n) is 12.3. The van der Waals surface area contributed by atoms with Crippen molar-refractivity contribution < 1.29 is 9.90 Å². The highest BCUT2D eigenvalue weighted by Crippen LogP contribution is 2.19. The Hall–Kier alpha value is -1.91. The average Bonchev–Trinajstić information content (AvgIpc) is 2.51. The Morgan fingerprint density at radius 2 is 1.95 bits per heavy atom. The summed E-state index contributed by atoms with van der Waals surface area (Å²) in [7, 11) is 0. The molecule has 0 bridgehead atoms. The molecule has 2 aromatic rings. The molecular formula is C17H22N2O2. The Bertz CT molecular complexity index is 598. The Morgan fingerprint density at radius 3 is 2.67 bits per heavy atom. The number of fused-ring (bicyclic) bond motifs is 1. The minimum absolute atomic E-state index is 0.00742. The molecule has 4 nitrogen and oxygen atoms in total. The molecule has 0 spiro atoms. The molecule has 0 saturated heterocycles. The molecule has 1 amide bonds. The van der Waals surface area contributed by atoms with Crippen LogP contribution in [0.1, 0.15) is 19.8 Å². The summed E-state index contributed by atoms with van der Waals surface area (Å²) in [4.78, 5) is 12.3. The van der Waals surface area contributed by atoms with Crippen LogP contribution in [0.25, 0.3) is 10.8 Å². The molecule has 2 rings (SSSR count). The van der Waals surface area contributed by atoms with Crippen LogP contribution in [0.4, 0.5) is 5.69 Å². The van der Waals surface area contributed by atoms with Gasteiger partial charge in [0.25, 0.3) is 0 Å². The van der Waals surface area contributed by atoms with Crippen LogP contribution in [0.15, 0.2) is 42.5 Å². The van der Waals surface area contributed by atoms with Crippen LogP contribution in [0.2, 0.25) is 0 Å². The van der Waals surface area contributed by atoms with Gasteiger partial charge in [0.2, 0.25) is 5.91 Å². The molecule has 0 heterocycles. The molecule has 0 aliphatic rings. The Balaban J connectivity index is 2.08. The first-order valence-electron chi connectivity index (χ1n) is 7.38. The maximum absolute atomic E-state index is 12.3. The predicted octanol–water partition coefficient (Wildman–Crippen LogP) is 2.53. The largest absolute Gasteiger partial charge is 0.396 e. The van der Waals surface area contributed by atoms with Gasteiger partial charge in [-0.05, 0) is 42.3 Å². The van der Waals surface area contributed by atoms with Gasteiger partial charge in [0.05, 0.1) is 6.04 Å². The van der Waals surface area contributed by atoms with Gasteiger partial charge in [0.15, 0.2) is 0 Å². The summed E-state index contributed by atoms with van der Waals surface area (Å²) in [5.74, 6) is -0.104. The molecular weight excluding hydrogens is 264 g/mol. The molecule has 0 aromatic heterocycles. The second kappa shape index (κ2) is 7.76. The van der Waals surface area contributed by atoms with E-state index in [4.69, 9.17) is 5.11 Å². The lowest BCUT2D eigenvalue weighted by Crippen LogP contribution is -2.41. The maximum atomic E-state index is 12.3. The number of nitrogens with one attached hydrogen (secondary N) is 2. The number of carbonyl (C=O) groups excluding carboxylic acids is 1. The highest BCUT2D eigenvalue weighted by Gasteiger charge is 2.16. The third kappa shape index (κ3) is 4.28. The monoisotopic (exact) mass is 286 g/mol. The molecule has 0 radical (unpaired) electrons. The van der Waals surface area contributed by atoms with Crippen molar-refractivity contribution in [1.82, 2.24) is 5.32 Å². The van der Waals surface area contributed by atoms with E-state index in [9.17, 15) is 4.79 Å². The molecule has 0 aliphatic carbocycles. The molecule has 1 unspecified atom stereocenters. The smallest absolute Gasteiger partial charge is 0.241 e. The van der Waals surface area contributed by atoms with E-state index in [1.807, 2.05) is 49.4 Å². The summed E-state index contributed by atoms with van der Waals surface area (Å²) >= 11 is 0. The minimum atomic E-state index is -0.360. The van der Waals surface area contributed by atoms with Crippen molar-refractivity contribution in [3.8, 4) is 0 Å². The zero-order valence-corrected chi connectivity index (χ0v) is 12.3. The molecule has 21 heavy (non-hydrogen) atoms. The number of benzene rings is 2. The molecule has 3 N–H and O–H groups in total. The topological polar surface area (TPSA) is 61.4 Å². The van der Waals surface area contributed by atoms with Gasteiger partial charge in [0.1, 0.15) is 0 Å². The van der Waals surface area contributed by atoms with E-state index in [1.165, 1.54) is 0 Å². The van der Waals surface area contributed by atoms with Crippen molar-refractivity contribution in [2.24, 2.45) is 0 Å². The summed E-state index contributed by atoms with van der Waals surface area (Å²) in [5.41, 5.74) is 0.778. The van der Waals surface area contributed by atoms with Gasteiger partial charge in [-0.2, -0.15) is 0 Å². The fraction of sp³-hybridized carbons (Fsp3) is 0.353. The number of hydrogen-bond donors (Lipinski definition) is 3. The van der Waals surface area contributed by atoms with Crippen LogP contribution >= 0.6 is 0 Å². The summed E-state index contributed by atoms with van der Waals surface area (Å²) in [6, 6.07) is 13.5. The number of anilines is 1. The highest BCUT2D eigenvalue weighted by atomic mass is 16.3. The third-order valence-electron chi connectivity index (χ3n) is 3.39. The average molecular weight is 286 g/mol. The zero-order chi connectivity index (χ0) is 15.1. The van der Waals surface area contributed by atoms with Crippen LogP contribution in [0, 0.1) is 0 Å². The number of aliphatic hydroxyl groups is 1. The number of hydrogen-bond acceptors (Lipinski definition) is 3. The SMILES string of the molecule is CCCNC(CCO)C(=O)Nc1ccc2ccccc2c1. The number of amides is 1. The molecule has 1 atom stereocenters. The second-order valence-corrected chi connectivity index (χ2v) is 5.07. The van der Waals surface area contributed by atoms with Gasteiger partial charge in [-0.25, -0.2) is 0 Å². The first kappa shape index (κ1) is 15.5. The quantitative estimate of drug-likeness (QED) is 0.733. The third-order valence-corrected chi connectivity index (χ3v) is 3.39. The molecule has 0 fully saturated rings. The first-order valence-corrected chi connectivity index (χ1v) is 7.38. The van der Waals surface area contributed by atoms with Crippen molar-refractivity contribution in [2.75, 3.05) is 18.5 Å². The number of aliphatic hydroxyl groups excluding tert-OH is 1. The van der Waals surface area contributed by atoms with E-state index in [0.717, 1.165) is 29.4 Å². The van der Waals surface area contributed by atoms with Crippen LogP contribution in [0.5, 0.6) is 0 Å². The lowest BCUT2D eigenvalue weighted by molar-refractivity contribution is -0.118. The van der Waals surface area contributed by atoms with Crippen molar-refractivity contribution in [3.05, 3.63) is 42.5 Å². The van der Waals surface area contributed by atoms with Crippen LogP contribution in [-0.4, -0.2) is 30.2 Å². The second-order valence-electron chi connectivity index (χ2n) is 5.07. The highest BCUT2D eigenvalue weighted by molar-refractivity contribution is 5.97. The van der Waals surface area contributed by atoms with E-state index < -0.39 is 0 Å². The van der Waals surface area contributed by atoms with Crippen molar-refractivity contribution in [2.45, 2.75) is 25.8 Å². The van der Waals surface area contributed by atoms with Gasteiger partial charge in [-0.3, -0.25) is 4.79 Å². The van der Waals surface area contributed by atoms with E-state index in [2.05, 4.69) is 10.6 Å². The van der Waals surface area contributed by atoms with Crippen molar-refractivity contribution >= 4 is 22.4 Å². The van der Waals surface area contributed by atoms with Gasteiger partial charge >= 0.3 is 0 Å². The van der Waals surface area contributed by atoms with Gasteiger partial charge in [0, 0.05) is 12.3 Å². The van der Waals surface area contributed by atoms with Crippen LogP contribution < -0.4 is 10.6 Å². The van der Waals surface area contributed by atoms with E-state index >= 15 is 0 Å². The predicted molar refractivity (Wildman–Crippen MR) is 86.4 cm³/mol. The van der Waals surface area contributed by atoms with E-state index in [1.54, 1.807) is 0 Å². The van der Waals surface area contributed by atoms with Crippen LogP contribution in [-0.2, 0) is 4.79 Å². The molecule has 0 saturated carbocycles. The fourth-order valence-corrected chi connectivity index (χ4v) is 2.27. The van der Waals surface area contributed by atoms with Crippen molar-refractivity contribution in [3.63, 3.8) is 0 Å². The van der Waals surface area contributed by atoms with E-state index in [0.29, 0.717) is 6.42 Å². The standard InChI is InChI=1S/C17H22N2O2/c1-2-10-18-16(9-11-20)17(21)19-15-8-7-13-5-3-4-6-14(13)12-15/h3-8,12,16,18,20H,2,9-11H2,1H3,(H,19,21). The number of rotatable bonds is 7. The Kier molecular flexibility index (Phi) is 5.72. The maximum Gasteiger partial charge on any atom is 0.241 e. The summed E-state index contributed by atoms with van der Waals surface area (Å²) in [5, 5.41) is 17.4. The number of carbonyl (C=O) groups is 1. The lowest BCUT2D eigenvalue weighted by Gasteiger charge is -2.17.